The molecule has 2 atom stereocenters. The van der Waals surface area contributed by atoms with Crippen molar-refractivity contribution in [1.29, 1.82) is 0 Å². The number of hydrogen-bond acceptors (Lipinski definition) is 6. The lowest BCUT2D eigenvalue weighted by atomic mass is 9.81. The Kier molecular flexibility index (Phi) is 4.84. The van der Waals surface area contributed by atoms with Crippen LogP contribution in [0, 0.1) is 5.92 Å². The summed E-state index contributed by atoms with van der Waals surface area (Å²) in [6.07, 6.45) is 4.13. The molecule has 7 nitrogen and oxygen atoms in total. The van der Waals surface area contributed by atoms with Crippen molar-refractivity contribution in [3.05, 3.63) is 53.6 Å². The van der Waals surface area contributed by atoms with Crippen LogP contribution < -0.4 is 14.4 Å². The molecular formula is C24H28N4O3. The van der Waals surface area contributed by atoms with Crippen LogP contribution in [-0.2, 0) is 23.2 Å². The molecule has 0 bridgehead atoms. The third-order valence-corrected chi connectivity index (χ3v) is 7.00. The Morgan fingerprint density at radius 2 is 2.03 bits per heavy atom. The number of amides is 1. The minimum Gasteiger partial charge on any atom is -0.467 e. The molecule has 0 saturated carbocycles. The Morgan fingerprint density at radius 3 is 2.77 bits per heavy atom. The molecular weight excluding hydrogens is 392 g/mol. The first-order valence-corrected chi connectivity index (χ1v) is 10.9. The monoisotopic (exact) mass is 420 g/mol. The molecule has 31 heavy (non-hydrogen) atoms. The third kappa shape index (κ3) is 3.14. The molecule has 3 aliphatic rings. The maximum atomic E-state index is 11.9. The number of aromatic nitrogens is 2. The fourth-order valence-electron chi connectivity index (χ4n) is 5.30. The number of benzene rings is 1. The molecule has 5 rings (SSSR count). The van der Waals surface area contributed by atoms with Gasteiger partial charge in [0.1, 0.15) is 11.4 Å². The van der Waals surface area contributed by atoms with E-state index < -0.39 is 0 Å². The zero-order valence-electron chi connectivity index (χ0n) is 18.1. The lowest BCUT2D eigenvalue weighted by Gasteiger charge is -2.41. The fraction of sp³-hybridized carbons (Fsp3) is 0.458. The number of anilines is 1. The molecule has 1 spiro atoms. The molecule has 3 heterocycles. The third-order valence-electron chi connectivity index (χ3n) is 7.00. The van der Waals surface area contributed by atoms with Gasteiger partial charge in [0.05, 0.1) is 12.7 Å². The number of rotatable bonds is 3. The van der Waals surface area contributed by atoms with Crippen LogP contribution in [0.15, 0.2) is 36.9 Å². The normalized spacial score (nSPS) is 24.4. The van der Waals surface area contributed by atoms with E-state index >= 15 is 0 Å². The number of ether oxygens (including phenoxy) is 2. The van der Waals surface area contributed by atoms with Crippen molar-refractivity contribution in [2.24, 2.45) is 5.92 Å². The molecule has 2 aromatic rings. The van der Waals surface area contributed by atoms with E-state index in [1.54, 1.807) is 7.11 Å². The van der Waals surface area contributed by atoms with Gasteiger partial charge in [-0.05, 0) is 36.5 Å². The van der Waals surface area contributed by atoms with Crippen molar-refractivity contribution >= 4 is 11.7 Å². The molecule has 1 amide bonds. The van der Waals surface area contributed by atoms with Crippen LogP contribution in [0.1, 0.15) is 30.0 Å². The predicted molar refractivity (Wildman–Crippen MR) is 118 cm³/mol. The van der Waals surface area contributed by atoms with E-state index in [2.05, 4.69) is 52.6 Å². The zero-order chi connectivity index (χ0) is 21.6. The largest absolute Gasteiger partial charge is 0.467 e. The average molecular weight is 421 g/mol. The number of fused-ring (bicyclic) bond motifs is 3. The molecule has 1 fully saturated rings. The molecule has 7 heteroatoms. The highest BCUT2D eigenvalue weighted by Gasteiger charge is 2.49. The number of hydrogen-bond donors (Lipinski definition) is 0. The summed E-state index contributed by atoms with van der Waals surface area (Å²) in [5, 5.41) is 0. The molecule has 0 radical (unpaired) electrons. The quantitative estimate of drug-likeness (QED) is 0.712. The van der Waals surface area contributed by atoms with E-state index in [4.69, 9.17) is 9.47 Å². The Hall–Kier alpha value is -3.09. The van der Waals surface area contributed by atoms with Crippen LogP contribution in [0.2, 0.25) is 0 Å². The van der Waals surface area contributed by atoms with Gasteiger partial charge in [-0.1, -0.05) is 37.8 Å². The number of carbonyl (C=O) groups excluding carboxylic acids is 1. The van der Waals surface area contributed by atoms with Gasteiger partial charge in [0.25, 0.3) is 0 Å². The summed E-state index contributed by atoms with van der Waals surface area (Å²) >= 11 is 0. The summed E-state index contributed by atoms with van der Waals surface area (Å²) in [4.78, 5) is 25.3. The minimum absolute atomic E-state index is 0.0268. The van der Waals surface area contributed by atoms with Crippen molar-refractivity contribution in [3.8, 4) is 11.9 Å². The molecule has 0 N–H and O–H groups in total. The highest BCUT2D eigenvalue weighted by molar-refractivity contribution is 5.87. The first-order valence-electron chi connectivity index (χ1n) is 10.9. The number of piperazine rings is 1. The van der Waals surface area contributed by atoms with Gasteiger partial charge in [-0.3, -0.25) is 4.79 Å². The summed E-state index contributed by atoms with van der Waals surface area (Å²) in [6, 6.07) is 8.90. The van der Waals surface area contributed by atoms with E-state index in [0.29, 0.717) is 44.0 Å². The predicted octanol–water partition coefficient (Wildman–Crippen LogP) is 2.73. The first kappa shape index (κ1) is 19.8. The van der Waals surface area contributed by atoms with Gasteiger partial charge in [0.2, 0.25) is 11.8 Å². The Bertz CT molecular complexity index is 1030. The van der Waals surface area contributed by atoms with Crippen molar-refractivity contribution < 1.29 is 14.3 Å². The first-order chi connectivity index (χ1) is 15.1. The summed E-state index contributed by atoms with van der Waals surface area (Å²) in [7, 11) is 1.58. The topological polar surface area (TPSA) is 67.8 Å². The van der Waals surface area contributed by atoms with Crippen molar-refractivity contribution in [1.82, 2.24) is 14.9 Å². The van der Waals surface area contributed by atoms with E-state index in [1.807, 2.05) is 4.90 Å². The summed E-state index contributed by atoms with van der Waals surface area (Å²) in [6.45, 7) is 8.55. The Morgan fingerprint density at radius 1 is 1.26 bits per heavy atom. The van der Waals surface area contributed by atoms with E-state index in [0.717, 1.165) is 30.6 Å². The smallest absolute Gasteiger partial charge is 0.321 e. The van der Waals surface area contributed by atoms with Crippen LogP contribution in [0.25, 0.3) is 0 Å². The highest BCUT2D eigenvalue weighted by atomic mass is 16.5. The number of nitrogens with zero attached hydrogens (tertiary/aromatic N) is 4. The highest BCUT2D eigenvalue weighted by Crippen LogP contribution is 2.51. The lowest BCUT2D eigenvalue weighted by Crippen LogP contribution is -2.49. The SMILES string of the molecule is C=CC(=O)N1CCN(c2nc(OC)nc3c2CCC2(O3)c3ccccc3CC2C)CC1. The zero-order valence-corrected chi connectivity index (χ0v) is 18.1. The van der Waals surface area contributed by atoms with Crippen LogP contribution in [0.3, 0.4) is 0 Å². The van der Waals surface area contributed by atoms with Crippen LogP contribution in [-0.4, -0.2) is 54.1 Å². The molecule has 1 aliphatic carbocycles. The second-order valence-electron chi connectivity index (χ2n) is 8.59. The Balaban J connectivity index is 1.48. The fourth-order valence-corrected chi connectivity index (χ4v) is 5.30. The van der Waals surface area contributed by atoms with Crippen molar-refractivity contribution in [2.45, 2.75) is 31.8 Å². The second-order valence-corrected chi connectivity index (χ2v) is 8.59. The molecule has 2 unspecified atom stereocenters. The van der Waals surface area contributed by atoms with Gasteiger partial charge in [-0.25, -0.2) is 0 Å². The Labute approximate surface area is 182 Å². The van der Waals surface area contributed by atoms with Gasteiger partial charge in [-0.2, -0.15) is 9.97 Å². The number of methoxy groups -OCH3 is 1. The van der Waals surface area contributed by atoms with Crippen LogP contribution >= 0.6 is 0 Å². The van der Waals surface area contributed by atoms with Gasteiger partial charge in [0.15, 0.2) is 0 Å². The van der Waals surface area contributed by atoms with E-state index in [-0.39, 0.29) is 11.5 Å². The van der Waals surface area contributed by atoms with Gasteiger partial charge in [0, 0.05) is 32.1 Å². The minimum atomic E-state index is -0.352. The maximum absolute atomic E-state index is 11.9. The summed E-state index contributed by atoms with van der Waals surface area (Å²) in [5.74, 6) is 1.83. The molecule has 1 aromatic carbocycles. The van der Waals surface area contributed by atoms with Crippen molar-refractivity contribution in [2.75, 3.05) is 38.2 Å². The summed E-state index contributed by atoms with van der Waals surface area (Å²) in [5.41, 5.74) is 3.33. The van der Waals surface area contributed by atoms with Gasteiger partial charge in [-0.15, -0.1) is 0 Å². The van der Waals surface area contributed by atoms with E-state index in [1.165, 1.54) is 17.2 Å². The number of carbonyl (C=O) groups is 1. The van der Waals surface area contributed by atoms with Crippen LogP contribution in [0.5, 0.6) is 11.9 Å². The standard InChI is InChI=1S/C24H28N4O3/c1-4-20(29)27-11-13-28(14-12-27)21-18-9-10-24(31-22(18)26-23(25-21)30-3)16(2)15-17-7-5-6-8-19(17)24/h4-8,16H,1,9-15H2,2-3H3. The second kappa shape index (κ2) is 7.55. The van der Waals surface area contributed by atoms with E-state index in [9.17, 15) is 4.79 Å². The van der Waals surface area contributed by atoms with Gasteiger partial charge >= 0.3 is 6.01 Å². The summed E-state index contributed by atoms with van der Waals surface area (Å²) < 4.78 is 12.2. The molecule has 162 valence electrons. The molecule has 2 aliphatic heterocycles. The average Bonchev–Trinajstić information content (AvgIpc) is 3.08. The maximum Gasteiger partial charge on any atom is 0.321 e. The van der Waals surface area contributed by atoms with Crippen LogP contribution in [0.4, 0.5) is 5.82 Å². The molecule has 1 aromatic heterocycles. The lowest BCUT2D eigenvalue weighted by molar-refractivity contribution is -0.126. The van der Waals surface area contributed by atoms with Crippen molar-refractivity contribution in [3.63, 3.8) is 0 Å². The molecule has 1 saturated heterocycles. The van der Waals surface area contributed by atoms with Gasteiger partial charge < -0.3 is 19.3 Å².